The van der Waals surface area contributed by atoms with Gasteiger partial charge in [0, 0.05) is 0 Å². The van der Waals surface area contributed by atoms with E-state index in [0.29, 0.717) is 11.4 Å². The lowest BCUT2D eigenvalue weighted by atomic mass is 10.2. The van der Waals surface area contributed by atoms with Crippen molar-refractivity contribution >= 4 is 6.09 Å². The molecule has 5 heteroatoms. The maximum absolute atomic E-state index is 11.3. The molecule has 102 valence electrons. The summed E-state index contributed by atoms with van der Waals surface area (Å²) in [7, 11) is 1.58. The second-order valence-electron chi connectivity index (χ2n) is 4.74. The third-order valence-electron chi connectivity index (χ3n) is 1.91. The second-order valence-corrected chi connectivity index (χ2v) is 4.74. The van der Waals surface area contributed by atoms with Gasteiger partial charge in [0.1, 0.15) is 17.0 Å². The van der Waals surface area contributed by atoms with Gasteiger partial charge in [0.25, 0.3) is 0 Å². The Hall–Kier alpha value is -2.22. The third kappa shape index (κ3) is 6.32. The number of carbonyl (C=O) groups is 1. The molecule has 1 aromatic heterocycles. The lowest BCUT2D eigenvalue weighted by molar-refractivity contribution is 0.0535. The average molecular weight is 262 g/mol. The quantitative estimate of drug-likeness (QED) is 0.828. The Morgan fingerprint density at radius 1 is 1.42 bits per heavy atom. The van der Waals surface area contributed by atoms with Crippen molar-refractivity contribution in [1.29, 1.82) is 0 Å². The number of methoxy groups -OCH3 is 1. The molecule has 0 saturated heterocycles. The molecule has 0 fully saturated rings. The van der Waals surface area contributed by atoms with E-state index in [1.54, 1.807) is 46.2 Å². The monoisotopic (exact) mass is 262 g/mol. The molecule has 0 bridgehead atoms. The minimum absolute atomic E-state index is 0.211. The van der Waals surface area contributed by atoms with Crippen LogP contribution in [0.2, 0.25) is 0 Å². The number of carbonyl (C=O) groups excluding carboxylic acids is 1. The van der Waals surface area contributed by atoms with Gasteiger partial charge in [-0.1, -0.05) is 5.92 Å². The van der Waals surface area contributed by atoms with Crippen molar-refractivity contribution in [3.63, 3.8) is 0 Å². The Morgan fingerprint density at radius 2 is 2.16 bits per heavy atom. The number of alkyl carbamates (subject to hydrolysis) is 1. The number of hydrogen-bond acceptors (Lipinski definition) is 4. The summed E-state index contributed by atoms with van der Waals surface area (Å²) in [5.41, 5.74) is 0.112. The predicted molar refractivity (Wildman–Crippen MR) is 71.9 cm³/mol. The number of nitrogens with one attached hydrogen (secondary N) is 1. The first-order valence-corrected chi connectivity index (χ1v) is 5.86. The fourth-order valence-corrected chi connectivity index (χ4v) is 1.14. The van der Waals surface area contributed by atoms with Crippen LogP contribution in [0.5, 0.6) is 5.75 Å². The topological polar surface area (TPSA) is 60.5 Å². The molecule has 1 N–H and O–H groups in total. The summed E-state index contributed by atoms with van der Waals surface area (Å²) >= 11 is 0. The van der Waals surface area contributed by atoms with Gasteiger partial charge in [0.15, 0.2) is 0 Å². The van der Waals surface area contributed by atoms with Gasteiger partial charge in [0.2, 0.25) is 0 Å². The summed E-state index contributed by atoms with van der Waals surface area (Å²) < 4.78 is 10.1. The van der Waals surface area contributed by atoms with Crippen molar-refractivity contribution in [2.45, 2.75) is 26.4 Å². The van der Waals surface area contributed by atoms with Crippen LogP contribution in [0.25, 0.3) is 0 Å². The number of amides is 1. The summed E-state index contributed by atoms with van der Waals surface area (Å²) in [6.07, 6.45) is 1.11. The van der Waals surface area contributed by atoms with E-state index in [9.17, 15) is 4.79 Å². The Kier molecular flexibility index (Phi) is 5.19. The van der Waals surface area contributed by atoms with Gasteiger partial charge in [-0.3, -0.25) is 0 Å². The molecule has 19 heavy (non-hydrogen) atoms. The molecule has 0 aliphatic carbocycles. The number of pyridine rings is 1. The van der Waals surface area contributed by atoms with Crippen molar-refractivity contribution < 1.29 is 14.3 Å². The summed E-state index contributed by atoms with van der Waals surface area (Å²) in [5, 5.41) is 2.54. The lowest BCUT2D eigenvalue weighted by Gasteiger charge is -2.18. The highest BCUT2D eigenvalue weighted by molar-refractivity contribution is 5.68. The molecule has 0 radical (unpaired) electrons. The number of nitrogens with zero attached hydrogens (tertiary/aromatic N) is 1. The van der Waals surface area contributed by atoms with Gasteiger partial charge < -0.3 is 14.8 Å². The summed E-state index contributed by atoms with van der Waals surface area (Å²) in [5.74, 6) is 6.30. The van der Waals surface area contributed by atoms with Gasteiger partial charge in [-0.25, -0.2) is 9.78 Å². The number of hydrogen-bond donors (Lipinski definition) is 1. The van der Waals surface area contributed by atoms with Gasteiger partial charge >= 0.3 is 6.09 Å². The molecule has 0 aliphatic heterocycles. The van der Waals surface area contributed by atoms with Crippen LogP contribution in [0.15, 0.2) is 18.3 Å². The van der Waals surface area contributed by atoms with E-state index in [-0.39, 0.29) is 6.54 Å². The zero-order valence-electron chi connectivity index (χ0n) is 11.6. The van der Waals surface area contributed by atoms with Crippen LogP contribution in [0.1, 0.15) is 26.5 Å². The largest absolute Gasteiger partial charge is 0.495 e. The normalized spacial score (nSPS) is 10.1. The van der Waals surface area contributed by atoms with Gasteiger partial charge in [-0.15, -0.1) is 0 Å². The molecule has 0 unspecified atom stereocenters. The van der Waals surface area contributed by atoms with Gasteiger partial charge in [0.05, 0.1) is 19.9 Å². The first kappa shape index (κ1) is 14.8. The fourth-order valence-electron chi connectivity index (χ4n) is 1.14. The van der Waals surface area contributed by atoms with Crippen molar-refractivity contribution in [3.05, 3.63) is 24.0 Å². The molecule has 0 aromatic carbocycles. The van der Waals surface area contributed by atoms with Crippen molar-refractivity contribution in [2.24, 2.45) is 0 Å². The number of aromatic nitrogens is 1. The van der Waals surface area contributed by atoms with Crippen LogP contribution in [0.4, 0.5) is 4.79 Å². The van der Waals surface area contributed by atoms with Crippen LogP contribution >= 0.6 is 0 Å². The molecule has 0 atom stereocenters. The molecule has 1 aromatic rings. The van der Waals surface area contributed by atoms with Crippen molar-refractivity contribution in [3.8, 4) is 17.6 Å². The standard InChI is InChI=1S/C14H18N2O3/c1-14(2,3)19-13(17)15-9-5-6-11-7-8-12(18-4)10-16-11/h7-8,10H,9H2,1-4H3,(H,15,17). The minimum Gasteiger partial charge on any atom is -0.495 e. The average Bonchev–Trinajstić information content (AvgIpc) is 2.33. The summed E-state index contributed by atoms with van der Waals surface area (Å²) in [6.45, 7) is 5.63. The van der Waals surface area contributed by atoms with E-state index >= 15 is 0 Å². The summed E-state index contributed by atoms with van der Waals surface area (Å²) in [6, 6.07) is 3.53. The first-order valence-electron chi connectivity index (χ1n) is 5.86. The van der Waals surface area contributed by atoms with Gasteiger partial charge in [-0.2, -0.15) is 0 Å². The van der Waals surface area contributed by atoms with Crippen LogP contribution in [-0.4, -0.2) is 30.3 Å². The van der Waals surface area contributed by atoms with Gasteiger partial charge in [-0.05, 0) is 38.8 Å². The minimum atomic E-state index is -0.505. The Bertz CT molecular complexity index is 478. The fraction of sp³-hybridized carbons (Fsp3) is 0.429. The van der Waals surface area contributed by atoms with E-state index < -0.39 is 11.7 Å². The van der Waals surface area contributed by atoms with Crippen LogP contribution in [-0.2, 0) is 4.74 Å². The Morgan fingerprint density at radius 3 is 2.68 bits per heavy atom. The predicted octanol–water partition coefficient (Wildman–Crippen LogP) is 1.97. The second kappa shape index (κ2) is 6.64. The maximum Gasteiger partial charge on any atom is 0.408 e. The Labute approximate surface area is 113 Å². The molecular formula is C14H18N2O3. The van der Waals surface area contributed by atoms with E-state index in [1.807, 2.05) is 0 Å². The van der Waals surface area contributed by atoms with Crippen LogP contribution in [0, 0.1) is 11.8 Å². The molecule has 1 rings (SSSR count). The molecule has 5 nitrogen and oxygen atoms in total. The van der Waals surface area contributed by atoms with E-state index in [1.165, 1.54) is 0 Å². The smallest absolute Gasteiger partial charge is 0.408 e. The zero-order chi connectivity index (χ0) is 14.3. The zero-order valence-corrected chi connectivity index (χ0v) is 11.6. The molecule has 1 amide bonds. The third-order valence-corrected chi connectivity index (χ3v) is 1.91. The number of rotatable bonds is 2. The van der Waals surface area contributed by atoms with Crippen LogP contribution < -0.4 is 10.1 Å². The lowest BCUT2D eigenvalue weighted by Crippen LogP contribution is -2.32. The highest BCUT2D eigenvalue weighted by atomic mass is 16.6. The van der Waals surface area contributed by atoms with Crippen molar-refractivity contribution in [1.82, 2.24) is 10.3 Å². The maximum atomic E-state index is 11.3. The molecule has 1 heterocycles. The summed E-state index contributed by atoms with van der Waals surface area (Å²) in [4.78, 5) is 15.4. The molecule has 0 spiro atoms. The highest BCUT2D eigenvalue weighted by Gasteiger charge is 2.14. The Balaban J connectivity index is 2.40. The molecular weight excluding hydrogens is 244 g/mol. The van der Waals surface area contributed by atoms with E-state index in [4.69, 9.17) is 9.47 Å². The highest BCUT2D eigenvalue weighted by Crippen LogP contribution is 2.07. The van der Waals surface area contributed by atoms with Crippen LogP contribution in [0.3, 0.4) is 0 Å². The SMILES string of the molecule is COc1ccc(C#CCNC(=O)OC(C)(C)C)nc1. The van der Waals surface area contributed by atoms with Crippen molar-refractivity contribution in [2.75, 3.05) is 13.7 Å². The number of ether oxygens (including phenoxy) is 2. The molecule has 0 saturated carbocycles. The van der Waals surface area contributed by atoms with E-state index in [0.717, 1.165) is 0 Å². The van der Waals surface area contributed by atoms with E-state index in [2.05, 4.69) is 22.1 Å². The first-order chi connectivity index (χ1) is 8.90. The molecule has 0 aliphatic rings.